The third-order valence-corrected chi connectivity index (χ3v) is 9.46. The Hall–Kier alpha value is -1.89. The summed E-state index contributed by atoms with van der Waals surface area (Å²) in [5, 5.41) is 3.80. The lowest BCUT2D eigenvalue weighted by molar-refractivity contribution is -0.129. The van der Waals surface area contributed by atoms with Crippen LogP contribution < -0.4 is 4.90 Å². The quantitative estimate of drug-likeness (QED) is 0.522. The van der Waals surface area contributed by atoms with Gasteiger partial charge >= 0.3 is 0 Å². The molecule has 0 unspecified atom stereocenters. The van der Waals surface area contributed by atoms with Gasteiger partial charge in [0, 0.05) is 71.4 Å². The molecule has 2 aromatic heterocycles. The summed E-state index contributed by atoms with van der Waals surface area (Å²) in [4.78, 5) is 22.0. The summed E-state index contributed by atoms with van der Waals surface area (Å²) in [6.45, 7) is 13.5. The number of aryl methyl sites for hydroxylation is 1. The lowest BCUT2D eigenvalue weighted by atomic mass is 9.99. The molecule has 4 nitrogen and oxygen atoms in total. The molecule has 0 N–H and O–H groups in total. The molecule has 1 saturated heterocycles. The third-order valence-electron chi connectivity index (χ3n) is 7.21. The van der Waals surface area contributed by atoms with Crippen molar-refractivity contribution in [2.45, 2.75) is 46.6 Å². The van der Waals surface area contributed by atoms with E-state index in [0.717, 1.165) is 65.1 Å². The van der Waals surface area contributed by atoms with Gasteiger partial charge in [-0.05, 0) is 48.9 Å². The topological polar surface area (TPSA) is 26.8 Å². The Morgan fingerprint density at radius 3 is 2.69 bits per heavy atom. The smallest absolute Gasteiger partial charge is 0.219 e. The van der Waals surface area contributed by atoms with Crippen LogP contribution in [0.25, 0.3) is 10.1 Å². The Morgan fingerprint density at radius 1 is 1.12 bits per heavy atom. The number of carbonyl (C=O) groups is 1. The summed E-state index contributed by atoms with van der Waals surface area (Å²) in [5.41, 5.74) is 5.94. The van der Waals surface area contributed by atoms with E-state index in [4.69, 9.17) is 0 Å². The summed E-state index contributed by atoms with van der Waals surface area (Å²) in [6, 6.07) is 6.64. The van der Waals surface area contributed by atoms with Gasteiger partial charge in [0.1, 0.15) is 0 Å². The van der Waals surface area contributed by atoms with Crippen molar-refractivity contribution < 1.29 is 4.79 Å². The highest BCUT2D eigenvalue weighted by Crippen LogP contribution is 2.36. The van der Waals surface area contributed by atoms with Crippen LogP contribution in [0.4, 0.5) is 5.69 Å². The molecule has 6 heteroatoms. The molecule has 0 bridgehead atoms. The molecule has 1 amide bonds. The molecule has 4 heterocycles. The normalized spacial score (nSPS) is 17.2. The number of piperazine rings is 1. The monoisotopic (exact) mass is 467 g/mol. The molecule has 1 fully saturated rings. The Labute approximate surface area is 199 Å². The molecular formula is C26H33N3OS2. The van der Waals surface area contributed by atoms with E-state index in [1.807, 2.05) is 27.6 Å². The van der Waals surface area contributed by atoms with Crippen LogP contribution in [0.2, 0.25) is 0 Å². The highest BCUT2D eigenvalue weighted by molar-refractivity contribution is 7.17. The zero-order chi connectivity index (χ0) is 22.2. The SMILES string of the molecule is CCc1c(CCN2CCN(c3csc4cccc(C)c34)CC2)sc2c1CCN(C(C)=O)C2. The van der Waals surface area contributed by atoms with Crippen LogP contribution in [0.3, 0.4) is 0 Å². The van der Waals surface area contributed by atoms with E-state index in [0.29, 0.717) is 0 Å². The minimum Gasteiger partial charge on any atom is -0.368 e. The van der Waals surface area contributed by atoms with Crippen LogP contribution in [0.5, 0.6) is 0 Å². The first-order valence-corrected chi connectivity index (χ1v) is 13.6. The van der Waals surface area contributed by atoms with Gasteiger partial charge in [0.2, 0.25) is 5.91 Å². The Balaban J connectivity index is 1.22. The molecule has 5 rings (SSSR count). The van der Waals surface area contributed by atoms with Crippen molar-refractivity contribution in [3.63, 3.8) is 0 Å². The molecule has 32 heavy (non-hydrogen) atoms. The first kappa shape index (κ1) is 21.9. The number of nitrogens with zero attached hydrogens (tertiary/aromatic N) is 3. The van der Waals surface area contributed by atoms with Gasteiger partial charge in [-0.25, -0.2) is 0 Å². The molecular weight excluding hydrogens is 434 g/mol. The second-order valence-corrected chi connectivity index (χ2v) is 11.2. The number of benzene rings is 1. The van der Waals surface area contributed by atoms with E-state index < -0.39 is 0 Å². The maximum atomic E-state index is 11.8. The summed E-state index contributed by atoms with van der Waals surface area (Å²) in [5.74, 6) is 0.204. The predicted octanol–water partition coefficient (Wildman–Crippen LogP) is 5.10. The number of fused-ring (bicyclic) bond motifs is 2. The van der Waals surface area contributed by atoms with Gasteiger partial charge < -0.3 is 9.80 Å². The number of hydrogen-bond acceptors (Lipinski definition) is 5. The van der Waals surface area contributed by atoms with Crippen LogP contribution in [-0.2, 0) is 30.6 Å². The predicted molar refractivity (Wildman–Crippen MR) is 137 cm³/mol. The van der Waals surface area contributed by atoms with Crippen LogP contribution in [0, 0.1) is 6.92 Å². The largest absolute Gasteiger partial charge is 0.368 e. The van der Waals surface area contributed by atoms with Crippen molar-refractivity contribution in [2.75, 3.05) is 44.2 Å². The number of carbonyl (C=O) groups excluding carboxylic acids is 1. The van der Waals surface area contributed by atoms with E-state index in [1.54, 1.807) is 22.9 Å². The average Bonchev–Trinajstić information content (AvgIpc) is 3.39. The van der Waals surface area contributed by atoms with Gasteiger partial charge in [-0.15, -0.1) is 22.7 Å². The van der Waals surface area contributed by atoms with Gasteiger partial charge in [0.15, 0.2) is 0 Å². The minimum absolute atomic E-state index is 0.204. The summed E-state index contributed by atoms with van der Waals surface area (Å²) in [7, 11) is 0. The van der Waals surface area contributed by atoms with E-state index in [2.05, 4.69) is 47.2 Å². The molecule has 1 aromatic carbocycles. The number of amides is 1. The average molecular weight is 468 g/mol. The summed E-state index contributed by atoms with van der Waals surface area (Å²) in [6.07, 6.45) is 3.28. The standard InChI is InChI=1S/C26H33N3OS2/c1-4-20-21-8-11-29(19(3)30)16-25(21)32-23(20)9-10-27-12-14-28(15-13-27)22-17-31-24-7-5-6-18(2)26(22)24/h5-7,17H,4,8-16H2,1-3H3. The highest BCUT2D eigenvalue weighted by Gasteiger charge is 2.25. The fourth-order valence-corrected chi connectivity index (χ4v) is 7.85. The van der Waals surface area contributed by atoms with Crippen molar-refractivity contribution in [2.24, 2.45) is 0 Å². The number of rotatable bonds is 5. The molecule has 3 aromatic rings. The van der Waals surface area contributed by atoms with Crippen molar-refractivity contribution in [3.8, 4) is 0 Å². The van der Waals surface area contributed by atoms with Crippen molar-refractivity contribution in [3.05, 3.63) is 50.0 Å². The lowest BCUT2D eigenvalue weighted by Gasteiger charge is -2.36. The van der Waals surface area contributed by atoms with Crippen LogP contribution >= 0.6 is 22.7 Å². The molecule has 0 atom stereocenters. The Morgan fingerprint density at radius 2 is 1.94 bits per heavy atom. The zero-order valence-electron chi connectivity index (χ0n) is 19.4. The second kappa shape index (κ2) is 9.16. The van der Waals surface area contributed by atoms with Gasteiger partial charge in [-0.3, -0.25) is 9.69 Å². The zero-order valence-corrected chi connectivity index (χ0v) is 21.1. The van der Waals surface area contributed by atoms with Crippen LogP contribution in [0.1, 0.15) is 40.3 Å². The molecule has 2 aliphatic rings. The van der Waals surface area contributed by atoms with Crippen LogP contribution in [-0.4, -0.2) is 55.0 Å². The number of hydrogen-bond donors (Lipinski definition) is 0. The molecule has 0 aliphatic carbocycles. The summed E-state index contributed by atoms with van der Waals surface area (Å²) >= 11 is 3.84. The molecule has 2 aliphatic heterocycles. The van der Waals surface area contributed by atoms with Crippen molar-refractivity contribution >= 4 is 44.4 Å². The highest BCUT2D eigenvalue weighted by atomic mass is 32.1. The van der Waals surface area contributed by atoms with Crippen LogP contribution in [0.15, 0.2) is 23.6 Å². The minimum atomic E-state index is 0.204. The van der Waals surface area contributed by atoms with E-state index in [1.165, 1.54) is 26.2 Å². The molecule has 0 radical (unpaired) electrons. The first-order valence-electron chi connectivity index (χ1n) is 11.9. The van der Waals surface area contributed by atoms with E-state index >= 15 is 0 Å². The lowest BCUT2D eigenvalue weighted by Crippen LogP contribution is -2.46. The van der Waals surface area contributed by atoms with Gasteiger partial charge in [0.25, 0.3) is 0 Å². The summed E-state index contributed by atoms with van der Waals surface area (Å²) < 4.78 is 1.40. The molecule has 170 valence electrons. The Bertz CT molecular complexity index is 1120. The number of thiophene rings is 2. The maximum Gasteiger partial charge on any atom is 0.219 e. The first-order chi connectivity index (χ1) is 15.5. The van der Waals surface area contributed by atoms with Crippen molar-refractivity contribution in [1.82, 2.24) is 9.80 Å². The maximum absolute atomic E-state index is 11.8. The van der Waals surface area contributed by atoms with Gasteiger partial charge in [-0.2, -0.15) is 0 Å². The fraction of sp³-hybridized carbons (Fsp3) is 0.500. The third kappa shape index (κ3) is 4.09. The van der Waals surface area contributed by atoms with E-state index in [9.17, 15) is 4.79 Å². The van der Waals surface area contributed by atoms with Gasteiger partial charge in [0.05, 0.1) is 12.2 Å². The number of anilines is 1. The Kier molecular flexibility index (Phi) is 6.28. The second-order valence-electron chi connectivity index (χ2n) is 9.10. The van der Waals surface area contributed by atoms with Gasteiger partial charge in [-0.1, -0.05) is 19.1 Å². The van der Waals surface area contributed by atoms with Crippen molar-refractivity contribution in [1.29, 1.82) is 0 Å². The fourth-order valence-electron chi connectivity index (χ4n) is 5.36. The molecule has 0 saturated carbocycles. The molecule has 0 spiro atoms. The van der Waals surface area contributed by atoms with E-state index in [-0.39, 0.29) is 5.91 Å².